The molecular weight excluding hydrogens is 162 g/mol. The first-order chi connectivity index (χ1) is 5.60. The number of hydrogen-bond acceptors (Lipinski definition) is 2. The van der Waals surface area contributed by atoms with Crippen molar-refractivity contribution in [2.75, 3.05) is 0 Å². The molecule has 1 heterocycles. The summed E-state index contributed by atoms with van der Waals surface area (Å²) in [5.74, 6) is 0. The maximum Gasteiger partial charge on any atom is 0.388 e. The van der Waals surface area contributed by atoms with Gasteiger partial charge in [-0.15, -0.1) is 0 Å². The fourth-order valence-electron chi connectivity index (χ4n) is 1.88. The SMILES string of the molecule is [B]B1OC(C)(C)C(C)(C(C)(C)C)O1. The molecule has 0 bridgehead atoms. The number of rotatable bonds is 0. The summed E-state index contributed by atoms with van der Waals surface area (Å²) < 4.78 is 11.2. The maximum atomic E-state index is 5.68. The fraction of sp³-hybridized carbons (Fsp3) is 1.00. The largest absolute Gasteiger partial charge is 0.411 e. The lowest BCUT2D eigenvalue weighted by Gasteiger charge is -2.46. The van der Waals surface area contributed by atoms with Crippen molar-refractivity contribution in [1.82, 2.24) is 0 Å². The molecule has 1 unspecified atom stereocenters. The third-order valence-electron chi connectivity index (χ3n) is 3.34. The van der Waals surface area contributed by atoms with Crippen molar-refractivity contribution in [3.05, 3.63) is 0 Å². The summed E-state index contributed by atoms with van der Waals surface area (Å²) in [6, 6.07) is 0. The summed E-state index contributed by atoms with van der Waals surface area (Å²) >= 11 is 0. The van der Waals surface area contributed by atoms with Crippen molar-refractivity contribution in [2.24, 2.45) is 5.41 Å². The summed E-state index contributed by atoms with van der Waals surface area (Å²) in [4.78, 5) is 0. The first-order valence-corrected chi connectivity index (χ1v) is 4.71. The van der Waals surface area contributed by atoms with Crippen molar-refractivity contribution in [2.45, 2.75) is 52.7 Å². The minimum atomic E-state index is -0.598. The fourth-order valence-corrected chi connectivity index (χ4v) is 1.88. The molecule has 1 aliphatic heterocycles. The van der Waals surface area contributed by atoms with Crippen LogP contribution >= 0.6 is 0 Å². The highest BCUT2D eigenvalue weighted by atomic mass is 16.7. The molecule has 0 aromatic carbocycles. The summed E-state index contributed by atoms with van der Waals surface area (Å²) in [7, 11) is 5.04. The van der Waals surface area contributed by atoms with Crippen LogP contribution in [0.2, 0.25) is 0 Å². The maximum absolute atomic E-state index is 5.68. The van der Waals surface area contributed by atoms with Crippen LogP contribution < -0.4 is 0 Å². The van der Waals surface area contributed by atoms with Crippen LogP contribution in [0.1, 0.15) is 41.5 Å². The molecule has 1 aliphatic rings. The second-order valence-corrected chi connectivity index (χ2v) is 5.40. The molecular formula is C9H18B2O2. The molecule has 0 amide bonds. The van der Waals surface area contributed by atoms with Gasteiger partial charge in [-0.2, -0.15) is 0 Å². The van der Waals surface area contributed by atoms with Crippen molar-refractivity contribution < 1.29 is 9.31 Å². The lowest BCUT2D eigenvalue weighted by molar-refractivity contribution is -0.0857. The van der Waals surface area contributed by atoms with Crippen molar-refractivity contribution >= 4 is 14.7 Å². The van der Waals surface area contributed by atoms with Gasteiger partial charge in [0.25, 0.3) is 0 Å². The van der Waals surface area contributed by atoms with Crippen LogP contribution in [0.5, 0.6) is 0 Å². The van der Waals surface area contributed by atoms with Crippen molar-refractivity contribution in [1.29, 1.82) is 0 Å². The highest BCUT2D eigenvalue weighted by Gasteiger charge is 2.57. The van der Waals surface area contributed by atoms with Crippen LogP contribution in [-0.2, 0) is 9.31 Å². The van der Waals surface area contributed by atoms with E-state index in [1.807, 2.05) is 13.8 Å². The molecule has 13 heavy (non-hydrogen) atoms. The molecule has 0 aromatic rings. The molecule has 2 radical (unpaired) electrons. The van der Waals surface area contributed by atoms with E-state index in [0.29, 0.717) is 0 Å². The average molecular weight is 180 g/mol. The average Bonchev–Trinajstić information content (AvgIpc) is 2.00. The molecule has 0 N–H and O–H groups in total. The van der Waals surface area contributed by atoms with Crippen molar-refractivity contribution in [3.63, 3.8) is 0 Å². The Bertz CT molecular complexity index is 210. The van der Waals surface area contributed by atoms with E-state index in [0.717, 1.165) is 0 Å². The second kappa shape index (κ2) is 2.77. The Morgan fingerprint density at radius 3 is 1.69 bits per heavy atom. The Morgan fingerprint density at radius 2 is 1.54 bits per heavy atom. The van der Waals surface area contributed by atoms with E-state index in [1.54, 1.807) is 0 Å². The summed E-state index contributed by atoms with van der Waals surface area (Å²) in [6.45, 7) is 12.5. The Morgan fingerprint density at radius 1 is 1.08 bits per heavy atom. The Labute approximate surface area is 82.9 Å². The predicted octanol–water partition coefficient (Wildman–Crippen LogP) is 1.77. The zero-order valence-corrected chi connectivity index (χ0v) is 9.47. The van der Waals surface area contributed by atoms with Gasteiger partial charge >= 0.3 is 7.01 Å². The van der Waals surface area contributed by atoms with Gasteiger partial charge in [0.15, 0.2) is 0 Å². The van der Waals surface area contributed by atoms with E-state index in [1.165, 1.54) is 0 Å². The van der Waals surface area contributed by atoms with Gasteiger partial charge in [0.05, 0.1) is 11.2 Å². The molecule has 4 heteroatoms. The van der Waals surface area contributed by atoms with E-state index >= 15 is 0 Å². The third-order valence-corrected chi connectivity index (χ3v) is 3.34. The lowest BCUT2D eigenvalue weighted by Crippen LogP contribution is -2.54. The van der Waals surface area contributed by atoms with Gasteiger partial charge in [0, 0.05) is 0 Å². The van der Waals surface area contributed by atoms with Crippen LogP contribution in [-0.4, -0.2) is 25.9 Å². The van der Waals surface area contributed by atoms with Gasteiger partial charge in [-0.05, 0) is 26.2 Å². The van der Waals surface area contributed by atoms with Crippen LogP contribution in [0.25, 0.3) is 0 Å². The molecule has 1 rings (SSSR count). The molecule has 0 aliphatic carbocycles. The standard InChI is InChI=1S/C9H18B2O2/c1-7(2,3)9(6)8(4,5)12-11(10)13-9/h1-6H3. The van der Waals surface area contributed by atoms with E-state index in [-0.39, 0.29) is 16.6 Å². The molecule has 2 nitrogen and oxygen atoms in total. The molecule has 72 valence electrons. The topological polar surface area (TPSA) is 18.5 Å². The van der Waals surface area contributed by atoms with E-state index in [9.17, 15) is 0 Å². The van der Waals surface area contributed by atoms with E-state index < -0.39 is 7.01 Å². The Hall–Kier alpha value is 0.0499. The minimum absolute atomic E-state index is 0.00458. The first kappa shape index (κ1) is 11.1. The quantitative estimate of drug-likeness (QED) is 0.528. The first-order valence-electron chi connectivity index (χ1n) is 4.71. The van der Waals surface area contributed by atoms with Crippen molar-refractivity contribution in [3.8, 4) is 0 Å². The van der Waals surface area contributed by atoms with Gasteiger partial charge in [-0.3, -0.25) is 0 Å². The summed E-state index contributed by atoms with van der Waals surface area (Å²) in [5.41, 5.74) is -0.686. The normalized spacial score (nSPS) is 33.8. The Balaban J connectivity index is 3.03. The van der Waals surface area contributed by atoms with E-state index in [4.69, 9.17) is 17.0 Å². The zero-order chi connectivity index (χ0) is 10.5. The van der Waals surface area contributed by atoms with Gasteiger partial charge in [-0.25, -0.2) is 0 Å². The highest BCUT2D eigenvalue weighted by molar-refractivity contribution is 6.95. The lowest BCUT2D eigenvalue weighted by atomic mass is 9.63. The Kier molecular flexibility index (Phi) is 2.37. The minimum Gasteiger partial charge on any atom is -0.411 e. The predicted molar refractivity (Wildman–Crippen MR) is 55.6 cm³/mol. The van der Waals surface area contributed by atoms with Gasteiger partial charge in [-0.1, -0.05) is 20.8 Å². The molecule has 1 saturated heterocycles. The van der Waals surface area contributed by atoms with Crippen LogP contribution in [0.3, 0.4) is 0 Å². The van der Waals surface area contributed by atoms with E-state index in [2.05, 4.69) is 27.7 Å². The molecule has 0 spiro atoms. The molecule has 1 fully saturated rings. The van der Waals surface area contributed by atoms with Crippen LogP contribution in [0.4, 0.5) is 0 Å². The smallest absolute Gasteiger partial charge is 0.388 e. The van der Waals surface area contributed by atoms with Gasteiger partial charge in [0.2, 0.25) is 0 Å². The van der Waals surface area contributed by atoms with Gasteiger partial charge in [0.1, 0.15) is 7.74 Å². The third kappa shape index (κ3) is 1.55. The summed E-state index contributed by atoms with van der Waals surface area (Å²) in [6.07, 6.45) is 0. The van der Waals surface area contributed by atoms with Gasteiger partial charge < -0.3 is 9.31 Å². The molecule has 1 atom stereocenters. The summed E-state index contributed by atoms with van der Waals surface area (Å²) in [5, 5.41) is 0. The second-order valence-electron chi connectivity index (χ2n) is 5.40. The monoisotopic (exact) mass is 180 g/mol. The molecule has 0 saturated carbocycles. The number of hydrogen-bond donors (Lipinski definition) is 0. The van der Waals surface area contributed by atoms with Crippen LogP contribution in [0.15, 0.2) is 0 Å². The molecule has 0 aromatic heterocycles. The van der Waals surface area contributed by atoms with Crippen LogP contribution in [0, 0.1) is 5.41 Å². The zero-order valence-electron chi connectivity index (χ0n) is 9.47. The highest BCUT2D eigenvalue weighted by Crippen LogP contribution is 2.47.